The summed E-state index contributed by atoms with van der Waals surface area (Å²) < 4.78 is 0. The van der Waals surface area contributed by atoms with Gasteiger partial charge in [0.25, 0.3) is 0 Å². The molecule has 0 aromatic heterocycles. The maximum atomic E-state index is 12.8. The summed E-state index contributed by atoms with van der Waals surface area (Å²) in [5.41, 5.74) is 0.919. The number of Topliss-reactive ketones (excluding diaryl/α,β-unsaturated/α-hetero) is 4. The summed E-state index contributed by atoms with van der Waals surface area (Å²) >= 11 is 0. The predicted octanol–water partition coefficient (Wildman–Crippen LogP) is 3.16. The van der Waals surface area contributed by atoms with E-state index in [4.69, 9.17) is 0 Å². The second-order valence-electron chi connectivity index (χ2n) is 5.42. The summed E-state index contributed by atoms with van der Waals surface area (Å²) in [7, 11) is 0. The van der Waals surface area contributed by atoms with Gasteiger partial charge in [-0.15, -0.1) is 0 Å². The highest BCUT2D eigenvalue weighted by atomic mass is 16.2. The molecule has 0 heterocycles. The Balaban J connectivity index is 2.34. The van der Waals surface area contributed by atoms with E-state index >= 15 is 0 Å². The Hall–Kier alpha value is -2.88. The smallest absolute Gasteiger partial charge is 0.205 e. The number of benzene rings is 2. The summed E-state index contributed by atoms with van der Waals surface area (Å²) in [5.74, 6) is -3.35. The second-order valence-corrected chi connectivity index (χ2v) is 5.42. The lowest BCUT2D eigenvalue weighted by molar-refractivity contribution is -0.138. The van der Waals surface area contributed by atoms with E-state index in [-0.39, 0.29) is 12.2 Å². The van der Waals surface area contributed by atoms with Crippen LogP contribution < -0.4 is 0 Å². The molecule has 0 radical (unpaired) electrons. The van der Waals surface area contributed by atoms with Crippen molar-refractivity contribution in [2.45, 2.75) is 25.7 Å². The molecule has 24 heavy (non-hydrogen) atoms. The SMILES string of the molecule is CCC(=O)C(=O)CC(=O)C(C(=O)c1ccccc1)c1ccccc1. The van der Waals surface area contributed by atoms with E-state index in [0.717, 1.165) is 0 Å². The van der Waals surface area contributed by atoms with Crippen molar-refractivity contribution < 1.29 is 19.2 Å². The van der Waals surface area contributed by atoms with Crippen molar-refractivity contribution in [1.29, 1.82) is 0 Å². The monoisotopic (exact) mass is 322 g/mol. The van der Waals surface area contributed by atoms with Gasteiger partial charge >= 0.3 is 0 Å². The van der Waals surface area contributed by atoms with Gasteiger partial charge in [0.1, 0.15) is 5.92 Å². The summed E-state index contributed by atoms with van der Waals surface area (Å²) in [6.07, 6.45) is -0.500. The van der Waals surface area contributed by atoms with E-state index in [0.29, 0.717) is 11.1 Å². The van der Waals surface area contributed by atoms with Gasteiger partial charge in [0.2, 0.25) is 5.78 Å². The molecule has 1 unspecified atom stereocenters. The number of carbonyl (C=O) groups is 4. The number of rotatable bonds is 8. The average molecular weight is 322 g/mol. The van der Waals surface area contributed by atoms with Crippen LogP contribution in [0.3, 0.4) is 0 Å². The van der Waals surface area contributed by atoms with Crippen molar-refractivity contribution in [3.63, 3.8) is 0 Å². The third-order valence-electron chi connectivity index (χ3n) is 3.74. The molecule has 0 saturated carbocycles. The Morgan fingerprint density at radius 1 is 0.792 bits per heavy atom. The Kier molecular flexibility index (Phi) is 5.90. The Labute approximate surface area is 140 Å². The normalized spacial score (nSPS) is 11.5. The fourth-order valence-corrected chi connectivity index (χ4v) is 2.45. The van der Waals surface area contributed by atoms with Crippen LogP contribution >= 0.6 is 0 Å². The van der Waals surface area contributed by atoms with Crippen molar-refractivity contribution in [1.82, 2.24) is 0 Å². The van der Waals surface area contributed by atoms with E-state index in [1.165, 1.54) is 0 Å². The van der Waals surface area contributed by atoms with Gasteiger partial charge in [-0.1, -0.05) is 67.6 Å². The maximum absolute atomic E-state index is 12.8. The molecule has 1 atom stereocenters. The predicted molar refractivity (Wildman–Crippen MR) is 89.9 cm³/mol. The molecule has 4 heteroatoms. The van der Waals surface area contributed by atoms with E-state index in [1.807, 2.05) is 0 Å². The highest BCUT2D eigenvalue weighted by Gasteiger charge is 2.31. The number of hydrogen-bond donors (Lipinski definition) is 0. The first kappa shape index (κ1) is 17.5. The van der Waals surface area contributed by atoms with Crippen molar-refractivity contribution in [3.8, 4) is 0 Å². The first-order chi connectivity index (χ1) is 11.5. The second kappa shape index (κ2) is 8.11. The van der Waals surface area contributed by atoms with Crippen molar-refractivity contribution in [2.75, 3.05) is 0 Å². The largest absolute Gasteiger partial charge is 0.298 e. The summed E-state index contributed by atoms with van der Waals surface area (Å²) in [5, 5.41) is 0. The van der Waals surface area contributed by atoms with Crippen LogP contribution in [0.15, 0.2) is 60.7 Å². The van der Waals surface area contributed by atoms with Gasteiger partial charge in [-0.3, -0.25) is 19.2 Å². The molecule has 122 valence electrons. The van der Waals surface area contributed by atoms with Crippen molar-refractivity contribution >= 4 is 23.1 Å². The van der Waals surface area contributed by atoms with Crippen LogP contribution in [0.4, 0.5) is 0 Å². The third-order valence-corrected chi connectivity index (χ3v) is 3.74. The molecule has 0 saturated heterocycles. The zero-order chi connectivity index (χ0) is 17.5. The molecule has 2 aromatic carbocycles. The first-order valence-corrected chi connectivity index (χ1v) is 7.77. The molecule has 0 aliphatic heterocycles. The van der Waals surface area contributed by atoms with E-state index in [2.05, 4.69) is 0 Å². The van der Waals surface area contributed by atoms with Gasteiger partial charge in [-0.2, -0.15) is 0 Å². The van der Waals surface area contributed by atoms with E-state index in [9.17, 15) is 19.2 Å². The summed E-state index contributed by atoms with van der Waals surface area (Å²) in [6.45, 7) is 1.56. The molecule has 0 aliphatic carbocycles. The van der Waals surface area contributed by atoms with Crippen LogP contribution in [-0.4, -0.2) is 23.1 Å². The first-order valence-electron chi connectivity index (χ1n) is 7.77. The molecule has 0 amide bonds. The minimum absolute atomic E-state index is 0.0503. The molecule has 0 N–H and O–H groups in total. The highest BCUT2D eigenvalue weighted by Crippen LogP contribution is 2.23. The Morgan fingerprint density at radius 3 is 1.88 bits per heavy atom. The number of hydrogen-bond acceptors (Lipinski definition) is 4. The maximum Gasteiger partial charge on any atom is 0.205 e. The molecular weight excluding hydrogens is 304 g/mol. The quantitative estimate of drug-likeness (QED) is 0.425. The van der Waals surface area contributed by atoms with Gasteiger partial charge in [0.05, 0.1) is 6.42 Å². The molecule has 0 bridgehead atoms. The lowest BCUT2D eigenvalue weighted by atomic mass is 9.85. The lowest BCUT2D eigenvalue weighted by Gasteiger charge is -2.15. The van der Waals surface area contributed by atoms with E-state index < -0.39 is 29.7 Å². The molecule has 4 nitrogen and oxygen atoms in total. The van der Waals surface area contributed by atoms with Crippen LogP contribution in [0.5, 0.6) is 0 Å². The molecule has 2 rings (SSSR count). The van der Waals surface area contributed by atoms with Gasteiger partial charge < -0.3 is 0 Å². The zero-order valence-corrected chi connectivity index (χ0v) is 13.4. The standard InChI is InChI=1S/C20H18O4/c1-2-16(21)17(22)13-18(23)19(14-9-5-3-6-10-14)20(24)15-11-7-4-8-12-15/h3-12,19H,2,13H2,1H3. The van der Waals surface area contributed by atoms with Gasteiger partial charge in [0, 0.05) is 12.0 Å². The van der Waals surface area contributed by atoms with Crippen LogP contribution in [-0.2, 0) is 14.4 Å². The number of ketones is 4. The van der Waals surface area contributed by atoms with Crippen LogP contribution in [0, 0.1) is 0 Å². The lowest BCUT2D eigenvalue weighted by Crippen LogP contribution is -2.26. The Morgan fingerprint density at radius 2 is 1.33 bits per heavy atom. The van der Waals surface area contributed by atoms with Gasteiger partial charge in [-0.05, 0) is 5.56 Å². The third kappa shape index (κ3) is 4.10. The molecule has 0 aliphatic rings. The molecule has 0 spiro atoms. The molecule has 2 aromatic rings. The average Bonchev–Trinajstić information content (AvgIpc) is 2.62. The Bertz CT molecular complexity index is 748. The minimum atomic E-state index is -1.08. The summed E-state index contributed by atoms with van der Waals surface area (Å²) in [6, 6.07) is 17.1. The zero-order valence-electron chi connectivity index (χ0n) is 13.4. The number of carbonyl (C=O) groups excluding carboxylic acids is 4. The fourth-order valence-electron chi connectivity index (χ4n) is 2.45. The minimum Gasteiger partial charge on any atom is -0.298 e. The molecular formula is C20H18O4. The topological polar surface area (TPSA) is 68.3 Å². The van der Waals surface area contributed by atoms with Crippen molar-refractivity contribution in [3.05, 3.63) is 71.8 Å². The van der Waals surface area contributed by atoms with Gasteiger partial charge in [-0.25, -0.2) is 0 Å². The molecule has 0 fully saturated rings. The van der Waals surface area contributed by atoms with Gasteiger partial charge in [0.15, 0.2) is 17.3 Å². The van der Waals surface area contributed by atoms with Crippen molar-refractivity contribution in [2.24, 2.45) is 0 Å². The summed E-state index contributed by atoms with van der Waals surface area (Å²) in [4.78, 5) is 48.6. The van der Waals surface area contributed by atoms with E-state index in [1.54, 1.807) is 67.6 Å². The van der Waals surface area contributed by atoms with Crippen LogP contribution in [0.2, 0.25) is 0 Å². The van der Waals surface area contributed by atoms with Crippen LogP contribution in [0.25, 0.3) is 0 Å². The fraction of sp³-hybridized carbons (Fsp3) is 0.200. The highest BCUT2D eigenvalue weighted by molar-refractivity contribution is 6.41. The van der Waals surface area contributed by atoms with Crippen LogP contribution in [0.1, 0.15) is 41.6 Å².